The zero-order chi connectivity index (χ0) is 16.8. The van der Waals surface area contributed by atoms with Crippen LogP contribution < -0.4 is 5.32 Å². The molecule has 0 radical (unpaired) electrons. The van der Waals surface area contributed by atoms with Gasteiger partial charge in [-0.1, -0.05) is 24.3 Å². The molecule has 0 saturated carbocycles. The summed E-state index contributed by atoms with van der Waals surface area (Å²) in [7, 11) is -6.41. The Hall–Kier alpha value is -1.94. The van der Waals surface area contributed by atoms with Gasteiger partial charge in [-0.15, -0.1) is 0 Å². The second kappa shape index (κ2) is 7.36. The molecule has 120 valence electrons. The topological polar surface area (TPSA) is 121 Å². The average Bonchev–Trinajstić information content (AvgIpc) is 2.47. The lowest BCUT2D eigenvalue weighted by Crippen LogP contribution is -1.98. The van der Waals surface area contributed by atoms with Gasteiger partial charge in [-0.25, -0.2) is 0 Å². The van der Waals surface area contributed by atoms with Crippen molar-refractivity contribution in [3.05, 3.63) is 54.6 Å². The van der Waals surface area contributed by atoms with Gasteiger partial charge in [0.1, 0.15) is 0 Å². The molecule has 0 amide bonds. The summed E-state index contributed by atoms with van der Waals surface area (Å²) in [6, 6.07) is 13.4. The standard InChI is InChI=1S/C7H9NO3S.C6H6O3S/c1-8-6-3-2-4-7(5-6)12(9,10)11;7-10(8,9)6-4-2-1-3-5-6/h2-5,8H,1H3,(H,9,10,11);1-5H,(H,7,8,9). The second-order valence-corrected chi connectivity index (χ2v) is 6.88. The van der Waals surface area contributed by atoms with Crippen LogP contribution in [-0.2, 0) is 20.2 Å². The lowest BCUT2D eigenvalue weighted by atomic mass is 10.3. The molecule has 0 bridgehead atoms. The first-order chi connectivity index (χ1) is 10.1. The van der Waals surface area contributed by atoms with E-state index in [2.05, 4.69) is 5.32 Å². The molecule has 2 aromatic carbocycles. The number of nitrogens with one attached hydrogen (secondary N) is 1. The Labute approximate surface area is 129 Å². The Balaban J connectivity index is 0.000000224. The smallest absolute Gasteiger partial charge is 0.294 e. The van der Waals surface area contributed by atoms with Crippen molar-refractivity contribution >= 4 is 25.9 Å². The lowest BCUT2D eigenvalue weighted by Gasteiger charge is -2.00. The summed E-state index contributed by atoms with van der Waals surface area (Å²) in [6.45, 7) is 0. The quantitative estimate of drug-likeness (QED) is 0.727. The van der Waals surface area contributed by atoms with Crippen LogP contribution >= 0.6 is 0 Å². The minimum atomic E-state index is -4.08. The van der Waals surface area contributed by atoms with Crippen LogP contribution in [0.25, 0.3) is 0 Å². The molecule has 0 atom stereocenters. The van der Waals surface area contributed by atoms with Crippen LogP contribution in [0.15, 0.2) is 64.4 Å². The third-order valence-corrected chi connectivity index (χ3v) is 4.18. The fourth-order valence-corrected chi connectivity index (χ4v) is 2.43. The van der Waals surface area contributed by atoms with Gasteiger partial charge in [0.25, 0.3) is 20.2 Å². The molecule has 0 fully saturated rings. The molecular formula is C13H15NO6S2. The van der Waals surface area contributed by atoms with Gasteiger partial charge >= 0.3 is 0 Å². The van der Waals surface area contributed by atoms with Gasteiger partial charge in [0.2, 0.25) is 0 Å². The Morgan fingerprint density at radius 2 is 1.27 bits per heavy atom. The van der Waals surface area contributed by atoms with Crippen molar-refractivity contribution in [1.29, 1.82) is 0 Å². The molecule has 2 aromatic rings. The van der Waals surface area contributed by atoms with Crippen LogP contribution in [0.3, 0.4) is 0 Å². The first kappa shape index (κ1) is 18.1. The second-order valence-electron chi connectivity index (χ2n) is 4.04. The van der Waals surface area contributed by atoms with Gasteiger partial charge in [-0.2, -0.15) is 16.8 Å². The summed E-state index contributed by atoms with van der Waals surface area (Å²) >= 11 is 0. The highest BCUT2D eigenvalue weighted by Crippen LogP contribution is 2.13. The third-order valence-electron chi connectivity index (χ3n) is 2.46. The minimum Gasteiger partial charge on any atom is -0.388 e. The largest absolute Gasteiger partial charge is 0.388 e. The van der Waals surface area contributed by atoms with Gasteiger partial charge in [-0.3, -0.25) is 9.11 Å². The van der Waals surface area contributed by atoms with E-state index in [4.69, 9.17) is 9.11 Å². The monoisotopic (exact) mass is 345 g/mol. The SMILES string of the molecule is CNc1cccc(S(=O)(=O)O)c1.O=S(=O)(O)c1ccccc1. The summed E-state index contributed by atoms with van der Waals surface area (Å²) in [6.07, 6.45) is 0. The molecule has 0 saturated heterocycles. The number of anilines is 1. The summed E-state index contributed by atoms with van der Waals surface area (Å²) < 4.78 is 59.1. The van der Waals surface area contributed by atoms with Crippen molar-refractivity contribution in [3.63, 3.8) is 0 Å². The first-order valence-corrected chi connectivity index (χ1v) is 8.80. The molecule has 0 aliphatic heterocycles. The van der Waals surface area contributed by atoms with Gasteiger partial charge in [0.15, 0.2) is 0 Å². The zero-order valence-corrected chi connectivity index (χ0v) is 13.2. The highest BCUT2D eigenvalue weighted by atomic mass is 32.2. The lowest BCUT2D eigenvalue weighted by molar-refractivity contribution is 0.481. The van der Waals surface area contributed by atoms with Crippen molar-refractivity contribution in [2.24, 2.45) is 0 Å². The fraction of sp³-hybridized carbons (Fsp3) is 0.0769. The minimum absolute atomic E-state index is 0.0741. The maximum absolute atomic E-state index is 10.6. The van der Waals surface area contributed by atoms with E-state index >= 15 is 0 Å². The maximum atomic E-state index is 10.6. The Morgan fingerprint density at radius 1 is 0.773 bits per heavy atom. The molecule has 3 N–H and O–H groups in total. The first-order valence-electron chi connectivity index (χ1n) is 5.92. The average molecular weight is 345 g/mol. The van der Waals surface area contributed by atoms with E-state index in [1.807, 2.05) is 0 Å². The predicted octanol–water partition coefficient (Wildman–Crippen LogP) is 1.91. The predicted molar refractivity (Wildman–Crippen MR) is 82.1 cm³/mol. The molecule has 0 aliphatic carbocycles. The van der Waals surface area contributed by atoms with Crippen LogP contribution in [-0.4, -0.2) is 33.0 Å². The normalized spacial score (nSPS) is 11.2. The van der Waals surface area contributed by atoms with Crippen molar-refractivity contribution in [2.75, 3.05) is 12.4 Å². The van der Waals surface area contributed by atoms with Gasteiger partial charge in [0.05, 0.1) is 9.79 Å². The Bertz CT molecular complexity index is 817. The van der Waals surface area contributed by atoms with Crippen molar-refractivity contribution in [1.82, 2.24) is 0 Å². The molecular weight excluding hydrogens is 330 g/mol. The molecule has 0 unspecified atom stereocenters. The van der Waals surface area contributed by atoms with E-state index in [1.165, 1.54) is 24.3 Å². The number of hydrogen-bond donors (Lipinski definition) is 3. The number of hydrogen-bond acceptors (Lipinski definition) is 5. The fourth-order valence-electron chi connectivity index (χ4n) is 1.40. The van der Waals surface area contributed by atoms with Gasteiger partial charge < -0.3 is 5.32 Å². The van der Waals surface area contributed by atoms with Crippen molar-refractivity contribution in [2.45, 2.75) is 9.79 Å². The van der Waals surface area contributed by atoms with Crippen molar-refractivity contribution < 1.29 is 25.9 Å². The molecule has 9 heteroatoms. The highest BCUT2D eigenvalue weighted by molar-refractivity contribution is 7.86. The Morgan fingerprint density at radius 3 is 1.68 bits per heavy atom. The third kappa shape index (κ3) is 5.82. The molecule has 7 nitrogen and oxygen atoms in total. The van der Waals surface area contributed by atoms with Crippen LogP contribution in [0.4, 0.5) is 5.69 Å². The molecule has 0 heterocycles. The van der Waals surface area contributed by atoms with Crippen LogP contribution in [0.2, 0.25) is 0 Å². The highest BCUT2D eigenvalue weighted by Gasteiger charge is 2.08. The van der Waals surface area contributed by atoms with E-state index in [9.17, 15) is 16.8 Å². The van der Waals surface area contributed by atoms with E-state index in [1.54, 1.807) is 37.4 Å². The number of rotatable bonds is 3. The molecule has 2 rings (SSSR count). The summed E-state index contributed by atoms with van der Waals surface area (Å²) in [5, 5.41) is 2.76. The number of benzene rings is 2. The van der Waals surface area contributed by atoms with Gasteiger partial charge in [-0.05, 0) is 30.3 Å². The van der Waals surface area contributed by atoms with E-state index in [0.717, 1.165) is 0 Å². The van der Waals surface area contributed by atoms with Gasteiger partial charge in [0, 0.05) is 12.7 Å². The van der Waals surface area contributed by atoms with E-state index in [-0.39, 0.29) is 9.79 Å². The van der Waals surface area contributed by atoms with Crippen LogP contribution in [0.1, 0.15) is 0 Å². The summed E-state index contributed by atoms with van der Waals surface area (Å²) in [5.74, 6) is 0. The summed E-state index contributed by atoms with van der Waals surface area (Å²) in [5.41, 5.74) is 0.644. The van der Waals surface area contributed by atoms with E-state index < -0.39 is 20.2 Å². The summed E-state index contributed by atoms with van der Waals surface area (Å²) in [4.78, 5) is -0.177. The molecule has 0 aliphatic rings. The maximum Gasteiger partial charge on any atom is 0.294 e. The van der Waals surface area contributed by atoms with Crippen LogP contribution in [0.5, 0.6) is 0 Å². The van der Waals surface area contributed by atoms with Crippen molar-refractivity contribution in [3.8, 4) is 0 Å². The van der Waals surface area contributed by atoms with Crippen LogP contribution in [0, 0.1) is 0 Å². The zero-order valence-electron chi connectivity index (χ0n) is 11.5. The molecule has 0 aromatic heterocycles. The molecule has 0 spiro atoms. The van der Waals surface area contributed by atoms with E-state index in [0.29, 0.717) is 5.69 Å². The Kier molecular flexibility index (Phi) is 6.06. The molecule has 22 heavy (non-hydrogen) atoms.